The molecule has 0 N–H and O–H groups in total. The predicted molar refractivity (Wildman–Crippen MR) is 259 cm³/mol. The zero-order valence-electron chi connectivity index (χ0n) is 34.5. The van der Waals surface area contributed by atoms with E-state index in [0.29, 0.717) is 23.4 Å². The van der Waals surface area contributed by atoms with Crippen molar-refractivity contribution in [3.63, 3.8) is 0 Å². The summed E-state index contributed by atoms with van der Waals surface area (Å²) in [4.78, 5) is 20.4. The van der Waals surface area contributed by atoms with Gasteiger partial charge in [0.2, 0.25) is 0 Å². The third-order valence-electron chi connectivity index (χ3n) is 12.9. The van der Waals surface area contributed by atoms with Gasteiger partial charge in [-0.25, -0.2) is 15.0 Å². The van der Waals surface area contributed by atoms with E-state index in [9.17, 15) is 0 Å². The maximum absolute atomic E-state index is 5.17. The second-order valence-corrected chi connectivity index (χ2v) is 16.4. The van der Waals surface area contributed by atoms with Gasteiger partial charge in [0.1, 0.15) is 0 Å². The molecule has 63 heavy (non-hydrogen) atoms. The topological polar surface area (TPSA) is 50.1 Å². The summed E-state index contributed by atoms with van der Waals surface area (Å²) in [6.45, 7) is 4.76. The van der Waals surface area contributed by atoms with Gasteiger partial charge in [-0.1, -0.05) is 122 Å². The zero-order valence-corrected chi connectivity index (χ0v) is 34.5. The van der Waals surface area contributed by atoms with Crippen molar-refractivity contribution in [2.24, 2.45) is 0 Å². The SMILES string of the molecule is C=C/C=C\C1CN(c2ccc(-c3nc(-c4ccc(N5c6ccccc6C6C=CC=CC65)cc4)nc(-c4ccc(-n5c6ccccc6c6ccccc65)cc4)n3)cc2)c2ccccc21. The molecule has 0 fully saturated rings. The van der Waals surface area contributed by atoms with Gasteiger partial charge in [0.25, 0.3) is 0 Å². The summed E-state index contributed by atoms with van der Waals surface area (Å²) >= 11 is 0. The van der Waals surface area contributed by atoms with Crippen LogP contribution < -0.4 is 9.80 Å². The maximum Gasteiger partial charge on any atom is 0.164 e. The van der Waals surface area contributed by atoms with Crippen LogP contribution in [0.25, 0.3) is 61.7 Å². The molecule has 0 spiro atoms. The van der Waals surface area contributed by atoms with Crippen LogP contribution in [0, 0.1) is 0 Å². The van der Waals surface area contributed by atoms with Crippen LogP contribution in [-0.2, 0) is 0 Å². The summed E-state index contributed by atoms with van der Waals surface area (Å²) in [5.74, 6) is 2.49. The number of nitrogens with zero attached hydrogens (tertiary/aromatic N) is 6. The van der Waals surface area contributed by atoms with Crippen LogP contribution in [0.4, 0.5) is 22.7 Å². The minimum absolute atomic E-state index is 0.227. The van der Waals surface area contributed by atoms with Crippen molar-refractivity contribution in [1.82, 2.24) is 19.5 Å². The van der Waals surface area contributed by atoms with Crippen molar-refractivity contribution in [2.75, 3.05) is 16.3 Å². The Kier molecular flexibility index (Phi) is 8.82. The molecule has 4 heterocycles. The van der Waals surface area contributed by atoms with Crippen LogP contribution in [0.2, 0.25) is 0 Å². The van der Waals surface area contributed by atoms with Crippen molar-refractivity contribution in [3.05, 3.63) is 230 Å². The summed E-state index contributed by atoms with van der Waals surface area (Å²) in [6, 6.07) is 60.7. The summed E-state index contributed by atoms with van der Waals surface area (Å²) in [7, 11) is 0. The van der Waals surface area contributed by atoms with Crippen molar-refractivity contribution in [1.29, 1.82) is 0 Å². The fourth-order valence-corrected chi connectivity index (χ4v) is 9.94. The molecule has 3 atom stereocenters. The first kappa shape index (κ1) is 36.7. The number of fused-ring (bicyclic) bond motifs is 7. The fraction of sp³-hybridized carbons (Fsp3) is 0.0702. The van der Waals surface area contributed by atoms with Gasteiger partial charge in [0.05, 0.1) is 17.1 Å². The van der Waals surface area contributed by atoms with Gasteiger partial charge in [-0.3, -0.25) is 0 Å². The van der Waals surface area contributed by atoms with Crippen LogP contribution in [0.1, 0.15) is 23.0 Å². The Hall–Kier alpha value is -8.09. The minimum Gasteiger partial charge on any atom is -0.340 e. The highest BCUT2D eigenvalue weighted by atomic mass is 15.2. The van der Waals surface area contributed by atoms with Gasteiger partial charge in [0, 0.05) is 74.3 Å². The van der Waals surface area contributed by atoms with E-state index in [1.807, 2.05) is 12.2 Å². The Morgan fingerprint density at radius 3 is 1.62 bits per heavy atom. The molecule has 9 aromatic rings. The van der Waals surface area contributed by atoms with E-state index in [-0.39, 0.29) is 12.0 Å². The van der Waals surface area contributed by atoms with E-state index in [0.717, 1.165) is 40.3 Å². The number of benzene rings is 7. The van der Waals surface area contributed by atoms with Crippen molar-refractivity contribution < 1.29 is 0 Å². The van der Waals surface area contributed by atoms with E-state index in [4.69, 9.17) is 15.0 Å². The average Bonchev–Trinajstić information content (AvgIpc) is 4.01. The molecule has 6 heteroatoms. The van der Waals surface area contributed by atoms with Crippen LogP contribution in [0.15, 0.2) is 219 Å². The fourth-order valence-electron chi connectivity index (χ4n) is 9.94. The normalized spacial score (nSPS) is 17.4. The lowest BCUT2D eigenvalue weighted by molar-refractivity contribution is 0.745. The highest BCUT2D eigenvalue weighted by molar-refractivity contribution is 6.09. The summed E-state index contributed by atoms with van der Waals surface area (Å²) < 4.78 is 2.33. The summed E-state index contributed by atoms with van der Waals surface area (Å²) in [5, 5.41) is 2.47. The second-order valence-electron chi connectivity index (χ2n) is 16.4. The molecular formula is C57H42N6. The lowest BCUT2D eigenvalue weighted by atomic mass is 9.91. The van der Waals surface area contributed by atoms with E-state index in [1.165, 1.54) is 44.3 Å². The highest BCUT2D eigenvalue weighted by Gasteiger charge is 2.37. The zero-order chi connectivity index (χ0) is 41.9. The third kappa shape index (κ3) is 6.21. The first-order valence-corrected chi connectivity index (χ1v) is 21.6. The maximum atomic E-state index is 5.17. The molecule has 6 nitrogen and oxygen atoms in total. The molecule has 12 rings (SSSR count). The largest absolute Gasteiger partial charge is 0.340 e. The Balaban J connectivity index is 0.927. The molecule has 7 aromatic carbocycles. The lowest BCUT2D eigenvalue weighted by Crippen LogP contribution is -2.28. The van der Waals surface area contributed by atoms with Crippen LogP contribution in [0.3, 0.4) is 0 Å². The van der Waals surface area contributed by atoms with Gasteiger partial charge in [0.15, 0.2) is 17.5 Å². The van der Waals surface area contributed by atoms with Crippen LogP contribution in [0.5, 0.6) is 0 Å². The Bertz CT molecular complexity index is 3250. The van der Waals surface area contributed by atoms with E-state index >= 15 is 0 Å². The molecule has 2 aliphatic heterocycles. The Morgan fingerprint density at radius 1 is 0.492 bits per heavy atom. The third-order valence-corrected chi connectivity index (χ3v) is 12.9. The quantitative estimate of drug-likeness (QED) is 0.143. The monoisotopic (exact) mass is 810 g/mol. The van der Waals surface area contributed by atoms with Crippen molar-refractivity contribution in [3.8, 4) is 39.9 Å². The number of hydrogen-bond acceptors (Lipinski definition) is 5. The lowest BCUT2D eigenvalue weighted by Gasteiger charge is -2.28. The van der Waals surface area contributed by atoms with Gasteiger partial charge in [-0.05, 0) is 108 Å². The molecule has 300 valence electrons. The molecular weight excluding hydrogens is 769 g/mol. The molecule has 2 aromatic heterocycles. The average molecular weight is 811 g/mol. The number of anilines is 4. The van der Waals surface area contributed by atoms with E-state index in [1.54, 1.807) is 0 Å². The minimum atomic E-state index is 0.227. The van der Waals surface area contributed by atoms with Crippen molar-refractivity contribution in [2.45, 2.75) is 17.9 Å². The van der Waals surface area contributed by atoms with Crippen molar-refractivity contribution >= 4 is 44.6 Å². The molecule has 0 saturated heterocycles. The molecule has 0 saturated carbocycles. The standard InChI is InChI=1S/C57H42N6/c1-2-3-14-41-37-61(50-20-9-4-15-45(41)50)42-31-25-38(26-32-42)55-58-56(39-27-33-43(34-28-39)62-51-21-10-5-16-46(51)47-17-6-11-22-52(47)62)60-57(59-55)40-29-35-44(36-30-40)63-53-23-12-7-18-48(53)49-19-8-13-24-54(49)63/h2-36,41,46,51H,1,37H2/b14-3-. The molecule has 0 bridgehead atoms. The van der Waals surface area contributed by atoms with Crippen LogP contribution >= 0.6 is 0 Å². The Morgan fingerprint density at radius 2 is 1.00 bits per heavy atom. The number of hydrogen-bond donors (Lipinski definition) is 0. The summed E-state index contributed by atoms with van der Waals surface area (Å²) in [6.07, 6.45) is 15.1. The molecule has 3 unspecified atom stereocenters. The smallest absolute Gasteiger partial charge is 0.164 e. The molecule has 0 amide bonds. The Labute approximate surface area is 366 Å². The number of allylic oxidation sites excluding steroid dienone is 4. The van der Waals surface area contributed by atoms with E-state index < -0.39 is 0 Å². The summed E-state index contributed by atoms with van der Waals surface area (Å²) in [5.41, 5.74) is 13.6. The van der Waals surface area contributed by atoms with E-state index in [2.05, 4.69) is 221 Å². The molecule has 3 aliphatic rings. The second kappa shape index (κ2) is 15.1. The first-order chi connectivity index (χ1) is 31.2. The molecule has 0 radical (unpaired) electrons. The van der Waals surface area contributed by atoms with Gasteiger partial charge in [-0.15, -0.1) is 0 Å². The van der Waals surface area contributed by atoms with Crippen LogP contribution in [-0.4, -0.2) is 32.1 Å². The number of para-hydroxylation sites is 4. The van der Waals surface area contributed by atoms with Gasteiger partial charge < -0.3 is 14.4 Å². The number of aromatic nitrogens is 4. The molecule has 1 aliphatic carbocycles. The number of rotatable bonds is 8. The first-order valence-electron chi connectivity index (χ1n) is 21.6. The van der Waals surface area contributed by atoms with Gasteiger partial charge in [-0.2, -0.15) is 0 Å². The highest BCUT2D eigenvalue weighted by Crippen LogP contribution is 2.48. The van der Waals surface area contributed by atoms with Gasteiger partial charge >= 0.3 is 0 Å². The predicted octanol–water partition coefficient (Wildman–Crippen LogP) is 13.7.